The molecule has 1 atom stereocenters. The monoisotopic (exact) mass is 480 g/mol. The van der Waals surface area contributed by atoms with Crippen LogP contribution in [-0.4, -0.2) is 57.8 Å². The molecule has 1 aromatic carbocycles. The minimum absolute atomic E-state index is 0.00163. The van der Waals surface area contributed by atoms with E-state index in [9.17, 15) is 10.1 Å². The molecule has 1 aliphatic heterocycles. The molecule has 5 rings (SSSR count). The molecule has 1 saturated carbocycles. The fourth-order valence-corrected chi connectivity index (χ4v) is 4.60. The lowest BCUT2D eigenvalue weighted by molar-refractivity contribution is 0.281. The molecular weight excluding hydrogens is 456 g/mol. The Hall–Kier alpha value is -3.62. The van der Waals surface area contributed by atoms with Gasteiger partial charge < -0.3 is 26.7 Å². The van der Waals surface area contributed by atoms with Crippen LogP contribution in [0.2, 0.25) is 5.02 Å². The highest BCUT2D eigenvalue weighted by Crippen LogP contribution is 2.43. The van der Waals surface area contributed by atoms with Crippen molar-refractivity contribution in [3.05, 3.63) is 45.0 Å². The van der Waals surface area contributed by atoms with Crippen molar-refractivity contribution in [2.75, 3.05) is 55.0 Å². The molecule has 2 aromatic heterocycles. The number of nitrogens with two attached hydrogens (primary N) is 2. The number of nitrogens with zero attached hydrogens (tertiary/aromatic N) is 7. The third-order valence-electron chi connectivity index (χ3n) is 6.34. The van der Waals surface area contributed by atoms with Gasteiger partial charge in [-0.3, -0.25) is 4.79 Å². The molecule has 1 aliphatic carbocycles. The Kier molecular flexibility index (Phi) is 5.63. The quantitative estimate of drug-likeness (QED) is 0.486. The van der Waals surface area contributed by atoms with E-state index >= 15 is 0 Å². The molecule has 0 bridgehead atoms. The number of nitriles is 1. The van der Waals surface area contributed by atoms with Crippen LogP contribution >= 0.6 is 11.6 Å². The molecule has 3 heterocycles. The molecule has 3 aromatic rings. The second-order valence-electron chi connectivity index (χ2n) is 8.74. The average Bonchev–Trinajstić information content (AvgIpc) is 3.63. The summed E-state index contributed by atoms with van der Waals surface area (Å²) < 4.78 is 1.65. The maximum atomic E-state index is 13.8. The van der Waals surface area contributed by atoms with E-state index in [0.717, 1.165) is 25.9 Å². The first kappa shape index (κ1) is 22.2. The number of likely N-dealkylation sites (N-methyl/N-ethyl adjacent to an activating group) is 1. The third kappa shape index (κ3) is 3.95. The minimum atomic E-state index is -0.392. The number of halogens is 1. The number of aromatic nitrogens is 4. The summed E-state index contributed by atoms with van der Waals surface area (Å²) in [6, 6.07) is 6.92. The van der Waals surface area contributed by atoms with Crippen LogP contribution in [0, 0.1) is 17.2 Å². The smallest absolute Gasteiger partial charge is 0.281 e. The molecule has 0 amide bonds. The van der Waals surface area contributed by atoms with Gasteiger partial charge in [-0.25, -0.2) is 9.66 Å². The Labute approximate surface area is 200 Å². The van der Waals surface area contributed by atoms with E-state index in [1.807, 2.05) is 11.1 Å². The van der Waals surface area contributed by atoms with Gasteiger partial charge in [0.05, 0.1) is 22.0 Å². The molecule has 5 N–H and O–H groups in total. The number of anilines is 3. The largest absolute Gasteiger partial charge is 0.382 e. The molecule has 12 heteroatoms. The molecule has 0 spiro atoms. The Balaban J connectivity index is 1.69. The molecule has 0 radical (unpaired) electrons. The maximum Gasteiger partial charge on any atom is 0.281 e. The maximum absolute atomic E-state index is 13.8. The second kappa shape index (κ2) is 8.62. The molecule has 1 saturated heterocycles. The Morgan fingerprint density at radius 3 is 2.59 bits per heavy atom. The standard InChI is InChI=1S/C22H25ClN10O/c1-31-7-9-32(10-8-31)33-20(27-15-4-2-3-14(23)16(15)21(33)34)17(12-5-6-12)28-19-13(11-24)18(25)29-22(26)30-19/h2-4,12,17H,5-10H2,1H3,(H5,25,26,28,29,30)/t17-/m0/s1. The zero-order valence-electron chi connectivity index (χ0n) is 18.7. The minimum Gasteiger partial charge on any atom is -0.382 e. The lowest BCUT2D eigenvalue weighted by atomic mass is 10.1. The fraction of sp³-hybridized carbons (Fsp3) is 0.409. The summed E-state index contributed by atoms with van der Waals surface area (Å²) >= 11 is 6.43. The molecule has 176 valence electrons. The fourth-order valence-electron chi connectivity index (χ4n) is 4.35. The number of nitrogen functional groups attached to an aromatic ring is 2. The van der Waals surface area contributed by atoms with Crippen LogP contribution in [0.25, 0.3) is 10.9 Å². The molecular formula is C22H25ClN10O. The van der Waals surface area contributed by atoms with E-state index in [1.54, 1.807) is 22.9 Å². The predicted octanol–water partition coefficient (Wildman–Crippen LogP) is 1.32. The molecule has 2 aliphatic rings. The SMILES string of the molecule is CN1CCN(n2c([C@@H](Nc3nc(N)nc(N)c3C#N)C3CC3)nc3cccc(Cl)c3c2=O)CC1. The third-order valence-corrected chi connectivity index (χ3v) is 6.66. The van der Waals surface area contributed by atoms with Crippen LogP contribution in [0.4, 0.5) is 17.6 Å². The molecule has 11 nitrogen and oxygen atoms in total. The van der Waals surface area contributed by atoms with Crippen LogP contribution in [0.1, 0.15) is 30.3 Å². The van der Waals surface area contributed by atoms with Crippen LogP contribution < -0.4 is 27.4 Å². The van der Waals surface area contributed by atoms with E-state index in [-0.39, 0.29) is 34.6 Å². The topological polar surface area (TPSA) is 155 Å². The first-order valence-corrected chi connectivity index (χ1v) is 11.5. The highest BCUT2D eigenvalue weighted by molar-refractivity contribution is 6.35. The molecule has 0 unspecified atom stereocenters. The average molecular weight is 481 g/mol. The predicted molar refractivity (Wildman–Crippen MR) is 131 cm³/mol. The van der Waals surface area contributed by atoms with Crippen LogP contribution in [0.3, 0.4) is 0 Å². The van der Waals surface area contributed by atoms with Crippen molar-refractivity contribution in [2.45, 2.75) is 18.9 Å². The molecule has 2 fully saturated rings. The van der Waals surface area contributed by atoms with Gasteiger partial charge in [0.2, 0.25) is 5.95 Å². The van der Waals surface area contributed by atoms with E-state index in [1.165, 1.54) is 0 Å². The summed E-state index contributed by atoms with van der Waals surface area (Å²) in [4.78, 5) is 29.1. The highest BCUT2D eigenvalue weighted by Gasteiger charge is 2.38. The number of benzene rings is 1. The lowest BCUT2D eigenvalue weighted by Crippen LogP contribution is -2.54. The van der Waals surface area contributed by atoms with Crippen molar-refractivity contribution in [3.8, 4) is 6.07 Å². The van der Waals surface area contributed by atoms with Gasteiger partial charge >= 0.3 is 0 Å². The zero-order chi connectivity index (χ0) is 24.0. The van der Waals surface area contributed by atoms with E-state index in [2.05, 4.69) is 27.2 Å². The van der Waals surface area contributed by atoms with Crippen LogP contribution in [-0.2, 0) is 0 Å². The number of nitrogens with one attached hydrogen (secondary N) is 1. The number of hydrogen-bond donors (Lipinski definition) is 3. The normalized spacial score (nSPS) is 17.5. The Bertz CT molecular complexity index is 1350. The van der Waals surface area contributed by atoms with Gasteiger partial charge in [0.25, 0.3) is 5.56 Å². The second-order valence-corrected chi connectivity index (χ2v) is 9.15. The van der Waals surface area contributed by atoms with E-state index < -0.39 is 6.04 Å². The van der Waals surface area contributed by atoms with Gasteiger partial charge in [-0.05, 0) is 37.9 Å². The van der Waals surface area contributed by atoms with Crippen molar-refractivity contribution >= 4 is 40.1 Å². The summed E-state index contributed by atoms with van der Waals surface area (Å²) in [6.07, 6.45) is 1.89. The Morgan fingerprint density at radius 2 is 1.91 bits per heavy atom. The van der Waals surface area contributed by atoms with Crippen LogP contribution in [0.5, 0.6) is 0 Å². The van der Waals surface area contributed by atoms with Gasteiger partial charge in [0.1, 0.15) is 17.5 Å². The van der Waals surface area contributed by atoms with Crippen molar-refractivity contribution in [1.29, 1.82) is 5.26 Å². The summed E-state index contributed by atoms with van der Waals surface area (Å²) in [5.74, 6) is 0.942. The lowest BCUT2D eigenvalue weighted by Gasteiger charge is -2.37. The van der Waals surface area contributed by atoms with Crippen LogP contribution in [0.15, 0.2) is 23.0 Å². The van der Waals surface area contributed by atoms with Gasteiger partial charge in [-0.1, -0.05) is 17.7 Å². The highest BCUT2D eigenvalue weighted by atomic mass is 35.5. The number of hydrogen-bond acceptors (Lipinski definition) is 10. The van der Waals surface area contributed by atoms with E-state index in [4.69, 9.17) is 28.1 Å². The number of fused-ring (bicyclic) bond motifs is 1. The number of piperazine rings is 1. The number of rotatable bonds is 5. The molecule has 34 heavy (non-hydrogen) atoms. The summed E-state index contributed by atoms with van der Waals surface area (Å²) in [5, 5.41) is 15.7. The van der Waals surface area contributed by atoms with Gasteiger partial charge in [-0.2, -0.15) is 15.2 Å². The van der Waals surface area contributed by atoms with Gasteiger partial charge in [0, 0.05) is 26.2 Å². The van der Waals surface area contributed by atoms with Gasteiger partial charge in [-0.15, -0.1) is 0 Å². The van der Waals surface area contributed by atoms with Crippen molar-refractivity contribution in [2.24, 2.45) is 5.92 Å². The summed E-state index contributed by atoms with van der Waals surface area (Å²) in [6.45, 7) is 2.95. The first-order valence-electron chi connectivity index (χ1n) is 11.1. The zero-order valence-corrected chi connectivity index (χ0v) is 19.5. The summed E-state index contributed by atoms with van der Waals surface area (Å²) in [7, 11) is 2.05. The first-order chi connectivity index (χ1) is 16.4. The summed E-state index contributed by atoms with van der Waals surface area (Å²) in [5.41, 5.74) is 12.1. The van der Waals surface area contributed by atoms with Crippen molar-refractivity contribution in [1.82, 2.24) is 24.5 Å². The Morgan fingerprint density at radius 1 is 1.18 bits per heavy atom. The van der Waals surface area contributed by atoms with Gasteiger partial charge in [0.15, 0.2) is 11.6 Å². The van der Waals surface area contributed by atoms with Crippen molar-refractivity contribution < 1.29 is 0 Å². The van der Waals surface area contributed by atoms with Crippen molar-refractivity contribution in [3.63, 3.8) is 0 Å². The van der Waals surface area contributed by atoms with E-state index in [0.29, 0.717) is 34.8 Å².